The molecule has 11 heteroatoms. The third-order valence-corrected chi connectivity index (χ3v) is 8.62. The predicted octanol–water partition coefficient (Wildman–Crippen LogP) is 7.55. The van der Waals surface area contributed by atoms with Crippen molar-refractivity contribution in [2.75, 3.05) is 26.1 Å². The van der Waals surface area contributed by atoms with Crippen LogP contribution >= 0.6 is 7.82 Å². The average molecular weight is 594 g/mol. The molecule has 232 valence electrons. The lowest BCUT2D eigenvalue weighted by Crippen LogP contribution is -2.35. The Bertz CT molecular complexity index is 1080. The van der Waals surface area contributed by atoms with Crippen molar-refractivity contribution in [3.05, 3.63) is 24.2 Å². The van der Waals surface area contributed by atoms with E-state index in [1.54, 1.807) is 10.6 Å². The van der Waals surface area contributed by atoms with Crippen LogP contribution in [0.15, 0.2) is 18.5 Å². The Morgan fingerprint density at radius 1 is 0.951 bits per heavy atom. The van der Waals surface area contributed by atoms with E-state index in [-0.39, 0.29) is 13.0 Å². The van der Waals surface area contributed by atoms with Crippen LogP contribution < -0.4 is 5.73 Å². The number of nitriles is 1. The summed E-state index contributed by atoms with van der Waals surface area (Å²) in [6, 6.07) is 5.73. The number of hydrogen-bond acceptors (Lipinski definition) is 8. The Morgan fingerprint density at radius 2 is 1.51 bits per heavy atom. The average Bonchev–Trinajstić information content (AvgIpc) is 3.39. The zero-order valence-corrected chi connectivity index (χ0v) is 26.2. The summed E-state index contributed by atoms with van der Waals surface area (Å²) >= 11 is 0. The number of nitrogens with two attached hydrogens (primary N) is 1. The molecular formula is C30H52N5O5P. The highest BCUT2D eigenvalue weighted by atomic mass is 31.2. The van der Waals surface area contributed by atoms with Crippen LogP contribution in [0, 0.1) is 11.3 Å². The molecule has 41 heavy (non-hydrogen) atoms. The number of anilines is 1. The summed E-state index contributed by atoms with van der Waals surface area (Å²) < 4.78 is 29.8. The number of aryl methyl sites for hydroxylation is 1. The predicted molar refractivity (Wildman–Crippen MR) is 162 cm³/mol. The number of phosphoric acid groups is 1. The summed E-state index contributed by atoms with van der Waals surface area (Å²) in [7, 11) is -2.93. The molecule has 0 aliphatic carbocycles. The van der Waals surface area contributed by atoms with Crippen LogP contribution in [-0.2, 0) is 24.8 Å². The lowest BCUT2D eigenvalue weighted by Gasteiger charge is -2.25. The molecule has 0 aromatic carbocycles. The number of ether oxygens (including phenoxy) is 1. The van der Waals surface area contributed by atoms with Crippen LogP contribution in [0.1, 0.15) is 122 Å². The number of nitrogens with zero attached hydrogens (tertiary/aromatic N) is 4. The molecule has 2 rings (SSSR count). The van der Waals surface area contributed by atoms with Gasteiger partial charge in [-0.1, -0.05) is 103 Å². The molecule has 0 saturated carbocycles. The van der Waals surface area contributed by atoms with Crippen LogP contribution in [0.4, 0.5) is 5.82 Å². The van der Waals surface area contributed by atoms with Crippen LogP contribution in [0.25, 0.3) is 5.52 Å². The van der Waals surface area contributed by atoms with Gasteiger partial charge in [-0.05, 0) is 31.4 Å². The quantitative estimate of drug-likeness (QED) is 0.0880. The molecule has 2 heterocycles. The fourth-order valence-corrected chi connectivity index (χ4v) is 5.75. The first-order chi connectivity index (χ1) is 19.9. The maximum absolute atomic E-state index is 12.4. The molecule has 3 N–H and O–H groups in total. The topological polar surface area (TPSA) is 145 Å². The van der Waals surface area contributed by atoms with Gasteiger partial charge in [0.05, 0.1) is 6.61 Å². The van der Waals surface area contributed by atoms with Crippen molar-refractivity contribution in [3.63, 3.8) is 0 Å². The summed E-state index contributed by atoms with van der Waals surface area (Å²) in [5.41, 5.74) is 5.93. The molecule has 0 amide bonds. The molecule has 2 atom stereocenters. The fourth-order valence-electron chi connectivity index (χ4n) is 4.95. The van der Waals surface area contributed by atoms with Crippen molar-refractivity contribution in [3.8, 4) is 6.07 Å². The maximum atomic E-state index is 12.4. The van der Waals surface area contributed by atoms with Gasteiger partial charge in [-0.15, -0.1) is 0 Å². The molecule has 0 bridgehead atoms. The minimum Gasteiger partial charge on any atom is -0.382 e. The second-order valence-electron chi connectivity index (χ2n) is 11.0. The van der Waals surface area contributed by atoms with Crippen molar-refractivity contribution in [1.82, 2.24) is 14.6 Å². The Morgan fingerprint density at radius 3 is 2.05 bits per heavy atom. The number of rotatable bonds is 25. The highest BCUT2D eigenvalue weighted by Gasteiger charge is 2.35. The summed E-state index contributed by atoms with van der Waals surface area (Å²) in [5, 5.41) is 14.0. The van der Waals surface area contributed by atoms with Crippen LogP contribution in [-0.4, -0.2) is 45.4 Å². The molecule has 2 aromatic heterocycles. The number of fused-ring (bicyclic) bond motifs is 1. The summed E-state index contributed by atoms with van der Waals surface area (Å²) in [4.78, 5) is 14.1. The minimum absolute atomic E-state index is 0.135. The van der Waals surface area contributed by atoms with E-state index in [1.165, 1.54) is 96.9 Å². The minimum atomic E-state index is -4.31. The van der Waals surface area contributed by atoms with Gasteiger partial charge < -0.3 is 15.4 Å². The molecular weight excluding hydrogens is 541 g/mol. The normalized spacial score (nSPS) is 14.6. The van der Waals surface area contributed by atoms with Crippen molar-refractivity contribution in [2.24, 2.45) is 0 Å². The van der Waals surface area contributed by atoms with E-state index < -0.39 is 20.0 Å². The first-order valence-electron chi connectivity index (χ1n) is 15.5. The molecule has 0 spiro atoms. The number of hydrogen-bond donors (Lipinski definition) is 2. The SMILES string of the molecule is CCCCCCCCCCCCCCCCCCOP(=O)(O)OC[C@](C#N)(CCc1ccc2c(N)ncnn12)OC. The van der Waals surface area contributed by atoms with Gasteiger partial charge >= 0.3 is 7.82 Å². The number of nitrogen functional groups attached to an aromatic ring is 1. The van der Waals surface area contributed by atoms with Gasteiger partial charge in [0.15, 0.2) is 11.4 Å². The zero-order chi connectivity index (χ0) is 29.8. The lowest BCUT2D eigenvalue weighted by molar-refractivity contribution is -0.0166. The van der Waals surface area contributed by atoms with Gasteiger partial charge in [-0.2, -0.15) is 10.4 Å². The first-order valence-corrected chi connectivity index (χ1v) is 17.0. The molecule has 1 unspecified atom stereocenters. The van der Waals surface area contributed by atoms with Crippen molar-refractivity contribution >= 4 is 19.2 Å². The van der Waals surface area contributed by atoms with Crippen molar-refractivity contribution in [2.45, 2.75) is 128 Å². The van der Waals surface area contributed by atoms with Crippen LogP contribution in [0.2, 0.25) is 0 Å². The van der Waals surface area contributed by atoms with E-state index >= 15 is 0 Å². The van der Waals surface area contributed by atoms with Gasteiger partial charge in [0.25, 0.3) is 0 Å². The molecule has 0 radical (unpaired) electrons. The summed E-state index contributed by atoms with van der Waals surface area (Å²) in [6.45, 7) is 2.00. The number of aromatic nitrogens is 3. The smallest absolute Gasteiger partial charge is 0.382 e. The first kappa shape index (κ1) is 35.2. The van der Waals surface area contributed by atoms with Crippen molar-refractivity contribution < 1.29 is 23.2 Å². The molecule has 0 aliphatic rings. The Labute approximate surface area is 246 Å². The lowest BCUT2D eigenvalue weighted by atomic mass is 9.99. The van der Waals surface area contributed by atoms with Crippen molar-refractivity contribution in [1.29, 1.82) is 5.26 Å². The van der Waals surface area contributed by atoms with E-state index in [0.717, 1.165) is 18.5 Å². The van der Waals surface area contributed by atoms with Gasteiger partial charge in [0, 0.05) is 12.8 Å². The molecule has 0 fully saturated rings. The second-order valence-corrected chi connectivity index (χ2v) is 12.4. The fraction of sp³-hybridized carbons (Fsp3) is 0.767. The molecule has 0 aliphatic heterocycles. The Balaban J connectivity index is 1.54. The number of unbranched alkanes of at least 4 members (excludes halogenated alkanes) is 15. The summed E-state index contributed by atoms with van der Waals surface area (Å²) in [6.07, 6.45) is 22.1. The molecule has 0 saturated heterocycles. The van der Waals surface area contributed by atoms with Gasteiger partial charge in [0.2, 0.25) is 0 Å². The number of phosphoric ester groups is 1. The Kier molecular flexibility index (Phi) is 17.1. The Hall–Kier alpha value is -2.02. The summed E-state index contributed by atoms with van der Waals surface area (Å²) in [5.74, 6) is 0.357. The van der Waals surface area contributed by atoms with Crippen LogP contribution in [0.5, 0.6) is 0 Å². The standard InChI is InChI=1S/C30H52N5O5P/c1-3-4-5-6-7-8-9-10-11-12-13-14-15-16-17-18-23-39-41(36,37)40-25-30(24-31,38-2)22-21-27-19-20-28-29(32)33-26-34-35(27)28/h19-20,26H,3-18,21-23,25H2,1-2H3,(H,36,37)(H2,32,33,34)/t30-/m1/s1. The highest BCUT2D eigenvalue weighted by molar-refractivity contribution is 7.47. The third kappa shape index (κ3) is 13.7. The van der Waals surface area contributed by atoms with E-state index in [4.69, 9.17) is 19.5 Å². The molecule has 10 nitrogen and oxygen atoms in total. The van der Waals surface area contributed by atoms with Crippen LogP contribution in [0.3, 0.4) is 0 Å². The van der Waals surface area contributed by atoms with E-state index in [2.05, 4.69) is 23.1 Å². The van der Waals surface area contributed by atoms with Gasteiger partial charge in [-0.25, -0.2) is 14.1 Å². The van der Waals surface area contributed by atoms with Gasteiger partial charge in [0.1, 0.15) is 24.5 Å². The number of methoxy groups -OCH3 is 1. The third-order valence-electron chi connectivity index (χ3n) is 7.65. The maximum Gasteiger partial charge on any atom is 0.472 e. The molecule has 2 aromatic rings. The van der Waals surface area contributed by atoms with E-state index in [0.29, 0.717) is 24.2 Å². The zero-order valence-electron chi connectivity index (χ0n) is 25.3. The highest BCUT2D eigenvalue weighted by Crippen LogP contribution is 2.44. The largest absolute Gasteiger partial charge is 0.472 e. The van der Waals surface area contributed by atoms with E-state index in [1.807, 2.05) is 6.07 Å². The van der Waals surface area contributed by atoms with Gasteiger partial charge in [-0.3, -0.25) is 9.05 Å². The second kappa shape index (κ2) is 20.0. The monoisotopic (exact) mass is 593 g/mol. The van der Waals surface area contributed by atoms with E-state index in [9.17, 15) is 14.7 Å².